The molecule has 3 nitrogen and oxygen atoms in total. The quantitative estimate of drug-likeness (QED) is 0.489. The monoisotopic (exact) mass is 220 g/mol. The molecular weight excluding hydrogens is 204 g/mol. The molecule has 1 atom stereocenters. The van der Waals surface area contributed by atoms with Gasteiger partial charge < -0.3 is 4.74 Å². The molecule has 0 bridgehead atoms. The van der Waals surface area contributed by atoms with Crippen LogP contribution in [0.5, 0.6) is 0 Å². The lowest BCUT2D eigenvalue weighted by molar-refractivity contribution is -0.145. The maximum absolute atomic E-state index is 11.1. The van der Waals surface area contributed by atoms with Crippen LogP contribution in [0.2, 0.25) is 0 Å². The number of carbonyl (C=O) groups excluding carboxylic acids is 2. The molecular formula is C10H17ClO3. The van der Waals surface area contributed by atoms with E-state index in [-0.39, 0.29) is 18.3 Å². The molecule has 14 heavy (non-hydrogen) atoms. The van der Waals surface area contributed by atoms with Gasteiger partial charge in [0.25, 0.3) is 0 Å². The molecule has 0 saturated carbocycles. The molecule has 0 fully saturated rings. The van der Waals surface area contributed by atoms with Crippen LogP contribution in [0.15, 0.2) is 0 Å². The van der Waals surface area contributed by atoms with Crippen molar-refractivity contribution >= 4 is 22.8 Å². The second kappa shape index (κ2) is 7.80. The minimum Gasteiger partial charge on any atom is -0.466 e. The van der Waals surface area contributed by atoms with Crippen molar-refractivity contribution in [2.45, 2.75) is 39.5 Å². The van der Waals surface area contributed by atoms with Crippen LogP contribution in [0.25, 0.3) is 0 Å². The fourth-order valence-electron chi connectivity index (χ4n) is 1.17. The maximum Gasteiger partial charge on any atom is 0.306 e. The molecule has 0 saturated heterocycles. The molecule has 0 aliphatic heterocycles. The van der Waals surface area contributed by atoms with E-state index >= 15 is 0 Å². The Bertz CT molecular complexity index is 192. The first-order valence-corrected chi connectivity index (χ1v) is 5.34. The molecule has 82 valence electrons. The van der Waals surface area contributed by atoms with Gasteiger partial charge in [-0.2, -0.15) is 0 Å². The fourth-order valence-corrected chi connectivity index (χ4v) is 1.35. The molecule has 0 aliphatic carbocycles. The van der Waals surface area contributed by atoms with Gasteiger partial charge >= 0.3 is 5.97 Å². The second-order valence-corrected chi connectivity index (χ2v) is 3.52. The maximum atomic E-state index is 11.1. The Kier molecular flexibility index (Phi) is 7.48. The number of esters is 1. The normalized spacial score (nSPS) is 12.2. The first kappa shape index (κ1) is 13.4. The topological polar surface area (TPSA) is 43.4 Å². The summed E-state index contributed by atoms with van der Waals surface area (Å²) >= 11 is 5.38. The van der Waals surface area contributed by atoms with Crippen molar-refractivity contribution in [3.8, 4) is 0 Å². The van der Waals surface area contributed by atoms with E-state index in [1.165, 1.54) is 0 Å². The predicted octanol–water partition coefficient (Wildman–Crippen LogP) is 2.51. The zero-order valence-corrected chi connectivity index (χ0v) is 9.47. The van der Waals surface area contributed by atoms with Crippen molar-refractivity contribution in [1.82, 2.24) is 0 Å². The molecule has 0 aliphatic rings. The van der Waals surface area contributed by atoms with Gasteiger partial charge in [-0.15, -0.1) is 0 Å². The van der Waals surface area contributed by atoms with Crippen molar-refractivity contribution in [3.63, 3.8) is 0 Å². The zero-order valence-electron chi connectivity index (χ0n) is 8.72. The van der Waals surface area contributed by atoms with Gasteiger partial charge in [0.05, 0.1) is 13.0 Å². The Morgan fingerprint density at radius 2 is 2.00 bits per heavy atom. The Labute approximate surface area is 89.8 Å². The zero-order chi connectivity index (χ0) is 11.0. The van der Waals surface area contributed by atoms with Gasteiger partial charge in [0.1, 0.15) is 0 Å². The Morgan fingerprint density at radius 3 is 2.43 bits per heavy atom. The van der Waals surface area contributed by atoms with E-state index in [2.05, 4.69) is 0 Å². The van der Waals surface area contributed by atoms with E-state index in [1.54, 1.807) is 6.92 Å². The van der Waals surface area contributed by atoms with Gasteiger partial charge in [-0.3, -0.25) is 9.59 Å². The van der Waals surface area contributed by atoms with Crippen molar-refractivity contribution < 1.29 is 14.3 Å². The first-order chi connectivity index (χ1) is 6.61. The highest BCUT2D eigenvalue weighted by atomic mass is 35.5. The second-order valence-electron chi connectivity index (χ2n) is 3.15. The van der Waals surface area contributed by atoms with Crippen LogP contribution in [-0.2, 0) is 14.3 Å². The summed E-state index contributed by atoms with van der Waals surface area (Å²) in [5.74, 6) is -0.724. The van der Waals surface area contributed by atoms with E-state index < -0.39 is 5.24 Å². The lowest BCUT2D eigenvalue weighted by Gasteiger charge is -2.10. The number of halogens is 1. The molecule has 0 amide bonds. The summed E-state index contributed by atoms with van der Waals surface area (Å²) in [6, 6.07) is 0. The van der Waals surface area contributed by atoms with Gasteiger partial charge in [0, 0.05) is 5.92 Å². The number of ether oxygens (including phenoxy) is 1. The molecule has 0 spiro atoms. The van der Waals surface area contributed by atoms with Crippen LogP contribution in [0.1, 0.15) is 39.5 Å². The van der Waals surface area contributed by atoms with Gasteiger partial charge in [0.2, 0.25) is 5.24 Å². The summed E-state index contributed by atoms with van der Waals surface area (Å²) in [7, 11) is 0. The smallest absolute Gasteiger partial charge is 0.306 e. The molecule has 0 N–H and O–H groups in total. The average molecular weight is 221 g/mol. The molecule has 0 radical (unpaired) electrons. The minimum atomic E-state index is -0.438. The molecule has 0 aromatic rings. The van der Waals surface area contributed by atoms with Crippen molar-refractivity contribution in [3.05, 3.63) is 0 Å². The van der Waals surface area contributed by atoms with Gasteiger partial charge in [-0.1, -0.05) is 19.8 Å². The number of unbranched alkanes of at least 4 members (excludes halogenated alkanes) is 1. The van der Waals surface area contributed by atoms with E-state index in [1.807, 2.05) is 6.92 Å². The van der Waals surface area contributed by atoms with Gasteiger partial charge in [0.15, 0.2) is 0 Å². The van der Waals surface area contributed by atoms with E-state index in [0.29, 0.717) is 13.0 Å². The standard InChI is InChI=1S/C10H17ClO3/c1-3-5-6-8(10(11)13)7-9(12)14-4-2/h8H,3-7H2,1-2H3. The first-order valence-electron chi connectivity index (χ1n) is 4.96. The summed E-state index contributed by atoms with van der Waals surface area (Å²) in [6.07, 6.45) is 2.67. The molecule has 0 aromatic carbocycles. The average Bonchev–Trinajstić information content (AvgIpc) is 2.12. The lowest BCUT2D eigenvalue weighted by Crippen LogP contribution is -2.16. The molecule has 1 unspecified atom stereocenters. The van der Waals surface area contributed by atoms with Crippen LogP contribution in [0.4, 0.5) is 0 Å². The SMILES string of the molecule is CCCCC(CC(=O)OCC)C(=O)Cl. The largest absolute Gasteiger partial charge is 0.466 e. The Hall–Kier alpha value is -0.570. The predicted molar refractivity (Wildman–Crippen MR) is 55.1 cm³/mol. The van der Waals surface area contributed by atoms with Crippen LogP contribution >= 0.6 is 11.6 Å². The van der Waals surface area contributed by atoms with Crippen LogP contribution in [-0.4, -0.2) is 17.8 Å². The fraction of sp³-hybridized carbons (Fsp3) is 0.800. The summed E-state index contributed by atoms with van der Waals surface area (Å²) < 4.78 is 4.75. The van der Waals surface area contributed by atoms with Crippen LogP contribution in [0, 0.1) is 5.92 Å². The van der Waals surface area contributed by atoms with Gasteiger partial charge in [-0.25, -0.2) is 0 Å². The Balaban J connectivity index is 3.95. The summed E-state index contributed by atoms with van der Waals surface area (Å²) in [4.78, 5) is 22.0. The van der Waals surface area contributed by atoms with Crippen molar-refractivity contribution in [1.29, 1.82) is 0 Å². The third-order valence-electron chi connectivity index (χ3n) is 1.95. The third-order valence-corrected chi connectivity index (χ3v) is 2.25. The summed E-state index contributed by atoms with van der Waals surface area (Å²) in [5, 5.41) is -0.438. The van der Waals surface area contributed by atoms with Crippen molar-refractivity contribution in [2.24, 2.45) is 5.92 Å². The highest BCUT2D eigenvalue weighted by Crippen LogP contribution is 2.16. The van der Waals surface area contributed by atoms with Crippen LogP contribution < -0.4 is 0 Å². The van der Waals surface area contributed by atoms with E-state index in [9.17, 15) is 9.59 Å². The highest BCUT2D eigenvalue weighted by Gasteiger charge is 2.20. The number of hydrogen-bond acceptors (Lipinski definition) is 3. The van der Waals surface area contributed by atoms with Gasteiger partial charge in [-0.05, 0) is 24.9 Å². The number of rotatable bonds is 7. The molecule has 4 heteroatoms. The lowest BCUT2D eigenvalue weighted by atomic mass is 10.0. The van der Waals surface area contributed by atoms with E-state index in [0.717, 1.165) is 12.8 Å². The molecule has 0 aromatic heterocycles. The molecule has 0 rings (SSSR count). The third kappa shape index (κ3) is 5.97. The summed E-state index contributed by atoms with van der Waals surface area (Å²) in [5.41, 5.74) is 0. The van der Waals surface area contributed by atoms with E-state index in [4.69, 9.17) is 16.3 Å². The van der Waals surface area contributed by atoms with Crippen LogP contribution in [0.3, 0.4) is 0 Å². The summed E-state index contributed by atoms with van der Waals surface area (Å²) in [6.45, 7) is 4.11. The molecule has 0 heterocycles. The van der Waals surface area contributed by atoms with Crippen molar-refractivity contribution in [2.75, 3.05) is 6.61 Å². The highest BCUT2D eigenvalue weighted by molar-refractivity contribution is 6.64. The Morgan fingerprint density at radius 1 is 1.36 bits per heavy atom. The minimum absolute atomic E-state index is 0.107. The number of carbonyl (C=O) groups is 2. The number of hydrogen-bond donors (Lipinski definition) is 0.